The minimum Gasteiger partial charge on any atom is -0.488 e. The van der Waals surface area contributed by atoms with E-state index in [9.17, 15) is 4.39 Å². The van der Waals surface area contributed by atoms with E-state index in [0.717, 1.165) is 11.0 Å². The summed E-state index contributed by atoms with van der Waals surface area (Å²) in [5.74, 6) is 1.23. The molecule has 0 bridgehead atoms. The first-order valence-electron chi connectivity index (χ1n) is 8.44. The fourth-order valence-corrected chi connectivity index (χ4v) is 3.08. The highest BCUT2D eigenvalue weighted by Crippen LogP contribution is 2.28. The molecule has 0 aliphatic carbocycles. The van der Waals surface area contributed by atoms with Gasteiger partial charge in [-0.25, -0.2) is 9.37 Å². The van der Waals surface area contributed by atoms with Crippen molar-refractivity contribution in [2.75, 3.05) is 19.7 Å². The van der Waals surface area contributed by atoms with Crippen molar-refractivity contribution < 1.29 is 9.13 Å². The lowest BCUT2D eigenvalue weighted by atomic mass is 10.0. The van der Waals surface area contributed by atoms with Gasteiger partial charge >= 0.3 is 0 Å². The fourth-order valence-electron chi connectivity index (χ4n) is 3.08. The highest BCUT2D eigenvalue weighted by atomic mass is 35.5. The summed E-state index contributed by atoms with van der Waals surface area (Å²) >= 11 is 0. The summed E-state index contributed by atoms with van der Waals surface area (Å²) in [5.41, 5.74) is 0.829. The molecule has 5 rings (SSSR count). The van der Waals surface area contributed by atoms with Gasteiger partial charge in [0, 0.05) is 24.7 Å². The van der Waals surface area contributed by atoms with Crippen molar-refractivity contribution in [1.82, 2.24) is 24.9 Å². The summed E-state index contributed by atoms with van der Waals surface area (Å²) in [6, 6.07) is 15.2. The molecule has 0 unspecified atom stereocenters. The Balaban J connectivity index is 0.00000112. The van der Waals surface area contributed by atoms with Crippen LogP contribution in [-0.2, 0) is 0 Å². The first kappa shape index (κ1) is 20.3. The van der Waals surface area contributed by atoms with Crippen molar-refractivity contribution in [1.29, 1.82) is 0 Å². The van der Waals surface area contributed by atoms with E-state index in [1.807, 2.05) is 59.1 Å². The molecule has 0 saturated carbocycles. The molecule has 1 aliphatic rings. The number of aromatic nitrogens is 4. The summed E-state index contributed by atoms with van der Waals surface area (Å²) in [6.07, 6.45) is 1.90. The van der Waals surface area contributed by atoms with Crippen molar-refractivity contribution in [3.05, 3.63) is 54.7 Å². The van der Waals surface area contributed by atoms with Gasteiger partial charge in [0.1, 0.15) is 23.6 Å². The highest BCUT2D eigenvalue weighted by molar-refractivity contribution is 5.86. The Labute approximate surface area is 173 Å². The molecule has 0 amide bonds. The van der Waals surface area contributed by atoms with Crippen molar-refractivity contribution in [3.8, 4) is 17.3 Å². The summed E-state index contributed by atoms with van der Waals surface area (Å²) in [7, 11) is 0. The number of hydrogen-bond acceptors (Lipinski definition) is 5. The Bertz CT molecular complexity index is 1120. The first-order chi connectivity index (χ1) is 12.7. The predicted octanol–water partition coefficient (Wildman–Crippen LogP) is 3.48. The summed E-state index contributed by atoms with van der Waals surface area (Å²) in [5, 5.41) is 12.3. The van der Waals surface area contributed by atoms with Crippen LogP contribution in [-0.4, -0.2) is 44.9 Å². The van der Waals surface area contributed by atoms with Crippen molar-refractivity contribution in [2.45, 2.75) is 5.67 Å². The molecule has 146 valence electrons. The lowest BCUT2D eigenvalue weighted by molar-refractivity contribution is 0.0352. The van der Waals surface area contributed by atoms with Crippen molar-refractivity contribution in [3.63, 3.8) is 0 Å². The molecule has 0 radical (unpaired) electrons. The van der Waals surface area contributed by atoms with E-state index in [1.165, 1.54) is 0 Å². The van der Waals surface area contributed by atoms with Gasteiger partial charge in [-0.15, -0.1) is 35.0 Å². The molecule has 1 saturated heterocycles. The van der Waals surface area contributed by atoms with Gasteiger partial charge in [-0.1, -0.05) is 24.3 Å². The normalized spacial score (nSPS) is 14.8. The van der Waals surface area contributed by atoms with Gasteiger partial charge in [-0.05, 0) is 24.3 Å². The van der Waals surface area contributed by atoms with Gasteiger partial charge in [0.15, 0.2) is 17.1 Å². The molecule has 4 heterocycles. The maximum Gasteiger partial charge on any atom is 0.187 e. The quantitative estimate of drug-likeness (QED) is 0.546. The summed E-state index contributed by atoms with van der Waals surface area (Å²) in [4.78, 5) is 4.73. The maximum atomic E-state index is 14.2. The van der Waals surface area contributed by atoms with Gasteiger partial charge in [0.25, 0.3) is 0 Å². The van der Waals surface area contributed by atoms with E-state index in [-0.39, 0.29) is 31.4 Å². The van der Waals surface area contributed by atoms with E-state index in [4.69, 9.17) is 9.72 Å². The Morgan fingerprint density at radius 3 is 2.68 bits per heavy atom. The average molecular weight is 422 g/mol. The van der Waals surface area contributed by atoms with Gasteiger partial charge in [0.2, 0.25) is 0 Å². The van der Waals surface area contributed by atoms with Gasteiger partial charge in [-0.3, -0.25) is 4.40 Å². The molecular formula is C19H18Cl2FN5O. The van der Waals surface area contributed by atoms with Crippen LogP contribution in [0.15, 0.2) is 54.7 Å². The number of alkyl halides is 1. The SMILES string of the molecule is Cl.Cl.FC1(COc2cccc3ccc(-c4nnc5ccccn45)nc23)CNC1. The molecule has 1 fully saturated rings. The third-order valence-electron chi connectivity index (χ3n) is 4.60. The molecule has 1 aliphatic heterocycles. The number of para-hydroxylation sites is 1. The zero-order chi connectivity index (χ0) is 17.6. The van der Waals surface area contributed by atoms with Crippen LogP contribution in [0.4, 0.5) is 4.39 Å². The zero-order valence-corrected chi connectivity index (χ0v) is 16.3. The smallest absolute Gasteiger partial charge is 0.187 e. The monoisotopic (exact) mass is 421 g/mol. The van der Waals surface area contributed by atoms with Gasteiger partial charge < -0.3 is 10.1 Å². The second kappa shape index (κ2) is 7.87. The third kappa shape index (κ3) is 3.48. The third-order valence-corrected chi connectivity index (χ3v) is 4.60. The topological polar surface area (TPSA) is 64.3 Å². The highest BCUT2D eigenvalue weighted by Gasteiger charge is 2.38. The van der Waals surface area contributed by atoms with Crippen LogP contribution in [0.2, 0.25) is 0 Å². The number of ether oxygens (including phenoxy) is 1. The molecule has 4 aromatic rings. The van der Waals surface area contributed by atoms with Crippen LogP contribution in [0, 0.1) is 0 Å². The molecule has 0 atom stereocenters. The Kier molecular flexibility index (Phi) is 5.69. The molecule has 28 heavy (non-hydrogen) atoms. The van der Waals surface area contributed by atoms with Crippen LogP contribution < -0.4 is 10.1 Å². The zero-order valence-electron chi connectivity index (χ0n) is 14.7. The maximum absolute atomic E-state index is 14.2. The molecule has 9 heteroatoms. The minimum absolute atomic E-state index is 0. The number of hydrogen-bond donors (Lipinski definition) is 1. The molecule has 1 N–H and O–H groups in total. The summed E-state index contributed by atoms with van der Waals surface area (Å²) < 4.78 is 21.9. The second-order valence-electron chi connectivity index (χ2n) is 6.52. The van der Waals surface area contributed by atoms with E-state index in [0.29, 0.717) is 35.9 Å². The number of halogens is 3. The number of pyridine rings is 2. The van der Waals surface area contributed by atoms with Gasteiger partial charge in [-0.2, -0.15) is 0 Å². The molecule has 1 aromatic carbocycles. The fraction of sp³-hybridized carbons (Fsp3) is 0.211. The van der Waals surface area contributed by atoms with Crippen LogP contribution in [0.3, 0.4) is 0 Å². The second-order valence-corrected chi connectivity index (χ2v) is 6.52. The largest absolute Gasteiger partial charge is 0.488 e. The minimum atomic E-state index is -1.30. The van der Waals surface area contributed by atoms with E-state index in [1.54, 1.807) is 0 Å². The van der Waals surface area contributed by atoms with Crippen LogP contribution >= 0.6 is 24.8 Å². The Morgan fingerprint density at radius 2 is 1.89 bits per heavy atom. The molecule has 3 aromatic heterocycles. The van der Waals surface area contributed by atoms with Crippen molar-refractivity contribution in [2.24, 2.45) is 0 Å². The number of benzene rings is 1. The van der Waals surface area contributed by atoms with Crippen LogP contribution in [0.1, 0.15) is 0 Å². The summed E-state index contributed by atoms with van der Waals surface area (Å²) in [6.45, 7) is 0.656. The van der Waals surface area contributed by atoms with E-state index >= 15 is 0 Å². The Morgan fingerprint density at radius 1 is 1.04 bits per heavy atom. The number of rotatable bonds is 4. The lowest BCUT2D eigenvalue weighted by Crippen LogP contribution is -2.59. The average Bonchev–Trinajstić information content (AvgIpc) is 3.08. The molecule has 0 spiro atoms. The standard InChI is InChI=1S/C19H16FN5O.2ClH/c20-19(10-21-11-19)12-26-15-5-3-4-13-7-8-14(22-17(13)15)18-24-23-16-6-1-2-9-25(16)18;;/h1-9,21H,10-12H2;2*1H. The van der Waals surface area contributed by atoms with Crippen LogP contribution in [0.5, 0.6) is 5.75 Å². The number of nitrogens with one attached hydrogen (secondary N) is 1. The van der Waals surface area contributed by atoms with Crippen molar-refractivity contribution >= 4 is 41.4 Å². The number of fused-ring (bicyclic) bond motifs is 2. The molecular weight excluding hydrogens is 404 g/mol. The van der Waals surface area contributed by atoms with Crippen LogP contribution in [0.25, 0.3) is 28.1 Å². The first-order valence-corrected chi connectivity index (χ1v) is 8.44. The number of nitrogens with zero attached hydrogens (tertiary/aromatic N) is 4. The van der Waals surface area contributed by atoms with E-state index in [2.05, 4.69) is 15.5 Å². The predicted molar refractivity (Wildman–Crippen MR) is 110 cm³/mol. The van der Waals surface area contributed by atoms with E-state index < -0.39 is 5.67 Å². The van der Waals surface area contributed by atoms with Gasteiger partial charge in [0.05, 0.1) is 0 Å². The lowest BCUT2D eigenvalue weighted by Gasteiger charge is -2.34. The molecule has 6 nitrogen and oxygen atoms in total. The Hall–Kier alpha value is -2.48.